The summed E-state index contributed by atoms with van der Waals surface area (Å²) in [6.45, 7) is 6.62. The fraction of sp³-hybridized carbons (Fsp3) is 0.400. The number of hydrogen-bond donors (Lipinski definition) is 3. The Hall–Kier alpha value is -5.76. The number of rotatable bonds is 11. The fourth-order valence-electron chi connectivity index (χ4n) is 8.19. The summed E-state index contributed by atoms with van der Waals surface area (Å²) >= 11 is 0. The van der Waals surface area contributed by atoms with Crippen LogP contribution in [0.15, 0.2) is 98.7 Å². The second-order valence-electron chi connectivity index (χ2n) is 14.3. The van der Waals surface area contributed by atoms with E-state index in [1.807, 2.05) is 19.1 Å². The number of carbonyl (C=O) groups excluding carboxylic acids is 2. The van der Waals surface area contributed by atoms with E-state index < -0.39 is 36.2 Å². The number of anilines is 2. The maximum absolute atomic E-state index is 14.2. The number of hydrogen-bond acceptors (Lipinski definition) is 10. The molecule has 1 fully saturated rings. The number of piperidine rings is 1. The van der Waals surface area contributed by atoms with E-state index in [0.717, 1.165) is 54.9 Å². The number of likely N-dealkylation sites (tertiary alicyclic amines) is 1. The molecule has 3 N–H and O–H groups in total. The SMILES string of the molecule is CC=C1[C@@H]2C=C(C)CC1(N=[N+]=[N-])C1=C(C2)NC(OC(=O)N(CCCN2CCCCC2)c2nnc(-c3ccc(NC(=O)c4ccccc4F)cc3CO)o2)C=C1. The van der Waals surface area contributed by atoms with Gasteiger partial charge < -0.3 is 29.8 Å². The van der Waals surface area contributed by atoms with Crippen LogP contribution in [0.3, 0.4) is 0 Å². The molecule has 1 saturated heterocycles. The topological polar surface area (TPSA) is 182 Å². The van der Waals surface area contributed by atoms with E-state index >= 15 is 0 Å². The molecular formula is C40H44FN9O5. The van der Waals surface area contributed by atoms with Gasteiger partial charge in [0.05, 0.1) is 12.2 Å². The zero-order valence-electron chi connectivity index (χ0n) is 30.9. The van der Waals surface area contributed by atoms with E-state index in [1.54, 1.807) is 24.3 Å². The second-order valence-corrected chi connectivity index (χ2v) is 14.3. The average molecular weight is 750 g/mol. The Balaban J connectivity index is 1.10. The lowest BCUT2D eigenvalue weighted by Crippen LogP contribution is -2.48. The molecule has 286 valence electrons. The number of nitrogens with one attached hydrogen (secondary N) is 2. The Labute approximate surface area is 318 Å². The van der Waals surface area contributed by atoms with E-state index in [0.29, 0.717) is 36.1 Å². The average Bonchev–Trinajstić information content (AvgIpc) is 3.66. The van der Waals surface area contributed by atoms with E-state index in [-0.39, 0.29) is 29.9 Å². The molecule has 14 nitrogen and oxygen atoms in total. The number of azide groups is 1. The molecule has 3 heterocycles. The van der Waals surface area contributed by atoms with Crippen molar-refractivity contribution >= 4 is 23.7 Å². The quantitative estimate of drug-likeness (QED) is 0.0772. The summed E-state index contributed by atoms with van der Waals surface area (Å²) in [5.74, 6) is -1.20. The third kappa shape index (κ3) is 7.77. The zero-order chi connectivity index (χ0) is 38.5. The molecule has 2 amide bonds. The van der Waals surface area contributed by atoms with E-state index in [4.69, 9.17) is 9.15 Å². The van der Waals surface area contributed by atoms with Crippen molar-refractivity contribution in [3.8, 4) is 11.5 Å². The molecule has 3 atom stereocenters. The molecular weight excluding hydrogens is 705 g/mol. The lowest BCUT2D eigenvalue weighted by molar-refractivity contribution is 0.102. The number of aliphatic hydroxyl groups excluding tert-OH is 1. The van der Waals surface area contributed by atoms with Crippen molar-refractivity contribution in [1.29, 1.82) is 0 Å². The Bertz CT molecular complexity index is 2130. The normalized spacial score (nSPS) is 22.6. The van der Waals surface area contributed by atoms with E-state index in [9.17, 15) is 24.6 Å². The van der Waals surface area contributed by atoms with Crippen LogP contribution in [0.25, 0.3) is 21.9 Å². The summed E-state index contributed by atoms with van der Waals surface area (Å²) in [6.07, 6.45) is 11.7. The predicted molar refractivity (Wildman–Crippen MR) is 204 cm³/mol. The number of nitrogens with zero attached hydrogens (tertiary/aromatic N) is 7. The minimum atomic E-state index is -0.850. The lowest BCUT2D eigenvalue weighted by Gasteiger charge is -2.47. The fourth-order valence-corrected chi connectivity index (χ4v) is 8.19. The van der Waals surface area contributed by atoms with Crippen LogP contribution in [0.2, 0.25) is 0 Å². The minimum absolute atomic E-state index is 0.0439. The van der Waals surface area contributed by atoms with Gasteiger partial charge in [-0.05, 0) is 119 Å². The first-order chi connectivity index (χ1) is 26.7. The van der Waals surface area contributed by atoms with Gasteiger partial charge in [0.25, 0.3) is 5.91 Å². The Morgan fingerprint density at radius 3 is 2.82 bits per heavy atom. The number of fused-ring (bicyclic) bond motifs is 3. The molecule has 7 rings (SSSR count). The highest BCUT2D eigenvalue weighted by molar-refractivity contribution is 6.04. The van der Waals surface area contributed by atoms with Crippen LogP contribution in [-0.2, 0) is 11.3 Å². The molecule has 2 aromatic carbocycles. The number of allylic oxidation sites excluding steroid dienone is 3. The number of aliphatic hydroxyl groups is 1. The van der Waals surface area contributed by atoms with Crippen LogP contribution in [0.1, 0.15) is 68.3 Å². The number of benzene rings is 2. The largest absolute Gasteiger partial charge is 0.421 e. The van der Waals surface area contributed by atoms with Crippen molar-refractivity contribution in [2.75, 3.05) is 36.4 Å². The number of dihydropyridines is 1. The third-order valence-electron chi connectivity index (χ3n) is 10.7. The van der Waals surface area contributed by atoms with E-state index in [1.165, 1.54) is 35.6 Å². The first-order valence-electron chi connectivity index (χ1n) is 18.7. The summed E-state index contributed by atoms with van der Waals surface area (Å²) in [5.41, 5.74) is 13.7. The van der Waals surface area contributed by atoms with Crippen molar-refractivity contribution in [1.82, 2.24) is 20.4 Å². The summed E-state index contributed by atoms with van der Waals surface area (Å²) in [6, 6.07) is 10.3. The molecule has 55 heavy (non-hydrogen) atoms. The van der Waals surface area contributed by atoms with Crippen LogP contribution < -0.4 is 15.5 Å². The highest BCUT2D eigenvalue weighted by atomic mass is 19.1. The third-order valence-corrected chi connectivity index (χ3v) is 10.7. The maximum atomic E-state index is 14.2. The van der Waals surface area contributed by atoms with Gasteiger partial charge in [0.15, 0.2) is 6.23 Å². The molecule has 4 aliphatic rings. The van der Waals surface area contributed by atoms with E-state index in [2.05, 4.69) is 48.8 Å². The first-order valence-corrected chi connectivity index (χ1v) is 18.7. The lowest BCUT2D eigenvalue weighted by atomic mass is 9.63. The molecule has 2 bridgehead atoms. The van der Waals surface area contributed by atoms with Crippen LogP contribution in [0.4, 0.5) is 20.9 Å². The van der Waals surface area contributed by atoms with Gasteiger partial charge in [0, 0.05) is 34.3 Å². The van der Waals surface area contributed by atoms with Gasteiger partial charge in [0.2, 0.25) is 5.89 Å². The highest BCUT2D eigenvalue weighted by Crippen LogP contribution is 2.52. The zero-order valence-corrected chi connectivity index (χ0v) is 30.9. The molecule has 0 radical (unpaired) electrons. The molecule has 3 aromatic rings. The van der Waals surface area contributed by atoms with Crippen LogP contribution in [0, 0.1) is 11.7 Å². The van der Waals surface area contributed by atoms with Gasteiger partial charge >= 0.3 is 12.1 Å². The standard InChI is InChI=1S/C40H44FN9O5/c1-3-31-26-20-25(2)23-40(31,47-48-42)32-14-15-35(44-34(32)22-26)54-39(53)50(19-9-18-49-16-7-4-8-17-49)38-46-45-37(55-38)29-13-12-28(21-27(29)24-51)43-36(52)30-10-5-6-11-33(30)41/h3,5-6,10-15,20-21,26,35,44,51H,4,7-9,16-19,22-24H2,1-2H3,(H,43,52)/t26-,35?,40?/m1/s1. The van der Waals surface area contributed by atoms with Gasteiger partial charge in [-0.25, -0.2) is 14.1 Å². The molecule has 2 aliphatic heterocycles. The van der Waals surface area contributed by atoms with Crippen LogP contribution >= 0.6 is 0 Å². The molecule has 1 aromatic heterocycles. The van der Waals surface area contributed by atoms with Gasteiger partial charge in [-0.15, -0.1) is 5.10 Å². The monoisotopic (exact) mass is 749 g/mol. The summed E-state index contributed by atoms with van der Waals surface area (Å²) in [4.78, 5) is 33.7. The predicted octanol–water partition coefficient (Wildman–Crippen LogP) is 7.54. The van der Waals surface area contributed by atoms with Crippen molar-refractivity contribution in [3.05, 3.63) is 117 Å². The molecule has 0 spiro atoms. The maximum Gasteiger partial charge on any atom is 0.420 e. The Morgan fingerprint density at radius 1 is 1.24 bits per heavy atom. The molecule has 15 heteroatoms. The van der Waals surface area contributed by atoms with Crippen molar-refractivity contribution in [2.45, 2.75) is 70.7 Å². The van der Waals surface area contributed by atoms with Crippen molar-refractivity contribution in [2.24, 2.45) is 11.0 Å². The Kier molecular flexibility index (Phi) is 11.1. The molecule has 0 saturated carbocycles. The van der Waals surface area contributed by atoms with Crippen LogP contribution in [-0.4, -0.2) is 70.2 Å². The molecule has 2 unspecified atom stereocenters. The van der Waals surface area contributed by atoms with Gasteiger partial charge in [-0.2, -0.15) is 0 Å². The summed E-state index contributed by atoms with van der Waals surface area (Å²) < 4.78 is 26.3. The smallest absolute Gasteiger partial charge is 0.420 e. The number of carbonyl (C=O) groups is 2. The number of ether oxygens (including phenoxy) is 1. The van der Waals surface area contributed by atoms with Gasteiger partial charge in [-0.3, -0.25) is 4.79 Å². The number of amides is 2. The van der Waals surface area contributed by atoms with Crippen molar-refractivity contribution < 1.29 is 28.2 Å². The van der Waals surface area contributed by atoms with Crippen LogP contribution in [0.5, 0.6) is 0 Å². The Morgan fingerprint density at radius 2 is 2.05 bits per heavy atom. The summed E-state index contributed by atoms with van der Waals surface area (Å²) in [5, 5.41) is 29.1. The van der Waals surface area contributed by atoms with Gasteiger partial charge in [0.1, 0.15) is 11.4 Å². The first kappa shape index (κ1) is 37.6. The molecule has 2 aliphatic carbocycles. The number of aromatic nitrogens is 2. The summed E-state index contributed by atoms with van der Waals surface area (Å²) in [7, 11) is 0. The minimum Gasteiger partial charge on any atom is -0.421 e. The van der Waals surface area contributed by atoms with Crippen molar-refractivity contribution in [3.63, 3.8) is 0 Å². The number of halogens is 1. The second kappa shape index (κ2) is 16.3. The highest BCUT2D eigenvalue weighted by Gasteiger charge is 2.48. The van der Waals surface area contributed by atoms with Gasteiger partial charge in [-0.1, -0.05) is 58.1 Å².